The summed E-state index contributed by atoms with van der Waals surface area (Å²) in [5.74, 6) is -3.63. The summed E-state index contributed by atoms with van der Waals surface area (Å²) >= 11 is 0. The molecular formula is C27H23FN2O6. The first-order chi connectivity index (χ1) is 17.2. The van der Waals surface area contributed by atoms with Crippen LogP contribution in [0.25, 0.3) is 5.76 Å². The molecule has 1 saturated heterocycles. The van der Waals surface area contributed by atoms with E-state index in [4.69, 9.17) is 9.47 Å². The largest absolute Gasteiger partial charge is 0.507 e. The zero-order valence-corrected chi connectivity index (χ0v) is 19.8. The molecule has 1 unspecified atom stereocenters. The monoisotopic (exact) mass is 490 g/mol. The highest BCUT2D eigenvalue weighted by Gasteiger charge is 2.47. The summed E-state index contributed by atoms with van der Waals surface area (Å²) in [6, 6.07) is 11.7. The van der Waals surface area contributed by atoms with Gasteiger partial charge in [-0.3, -0.25) is 19.5 Å². The molecule has 0 radical (unpaired) electrons. The average Bonchev–Trinajstić information content (AvgIpc) is 3.14. The van der Waals surface area contributed by atoms with Crippen LogP contribution in [0.1, 0.15) is 41.4 Å². The SMILES string of the molecule is COc1ccc(F)cc1/C(O)=C1\C(=O)C(=O)N(c2cccc(C(=O)OC(C)C)c2)C1c1ccncc1. The van der Waals surface area contributed by atoms with Gasteiger partial charge >= 0.3 is 5.97 Å². The third kappa shape index (κ3) is 4.55. The molecule has 3 aromatic rings. The van der Waals surface area contributed by atoms with Gasteiger partial charge < -0.3 is 14.6 Å². The molecule has 9 heteroatoms. The van der Waals surface area contributed by atoms with E-state index in [1.54, 1.807) is 38.1 Å². The van der Waals surface area contributed by atoms with Crippen molar-refractivity contribution < 1.29 is 33.4 Å². The molecular weight excluding hydrogens is 467 g/mol. The number of Topliss-reactive ketones (excluding diaryl/α,β-unsaturated/α-hetero) is 1. The number of ketones is 1. The van der Waals surface area contributed by atoms with Gasteiger partial charge in [-0.1, -0.05) is 6.07 Å². The summed E-state index contributed by atoms with van der Waals surface area (Å²) in [5.41, 5.74) is 0.552. The fraction of sp³-hybridized carbons (Fsp3) is 0.185. The van der Waals surface area contributed by atoms with Crippen molar-refractivity contribution in [2.24, 2.45) is 0 Å². The lowest BCUT2D eigenvalue weighted by Crippen LogP contribution is -2.29. The predicted octanol–water partition coefficient (Wildman–Crippen LogP) is 4.42. The van der Waals surface area contributed by atoms with Crippen molar-refractivity contribution in [2.45, 2.75) is 26.0 Å². The Morgan fingerprint density at radius 3 is 2.47 bits per heavy atom. The molecule has 1 fully saturated rings. The van der Waals surface area contributed by atoms with E-state index < -0.39 is 35.3 Å². The quantitative estimate of drug-likeness (QED) is 0.236. The first-order valence-electron chi connectivity index (χ1n) is 11.1. The predicted molar refractivity (Wildman–Crippen MR) is 129 cm³/mol. The second kappa shape index (κ2) is 9.99. The number of anilines is 1. The van der Waals surface area contributed by atoms with Gasteiger partial charge in [-0.2, -0.15) is 0 Å². The minimum Gasteiger partial charge on any atom is -0.507 e. The van der Waals surface area contributed by atoms with Crippen molar-refractivity contribution in [3.05, 3.63) is 95.1 Å². The summed E-state index contributed by atoms with van der Waals surface area (Å²) in [7, 11) is 1.34. The Hall–Kier alpha value is -4.53. The van der Waals surface area contributed by atoms with E-state index in [-0.39, 0.29) is 34.2 Å². The number of aliphatic hydroxyl groups excluding tert-OH is 1. The molecule has 1 atom stereocenters. The minimum absolute atomic E-state index is 0.0798. The van der Waals surface area contributed by atoms with Gasteiger partial charge in [0.15, 0.2) is 0 Å². The maximum Gasteiger partial charge on any atom is 0.338 e. The lowest BCUT2D eigenvalue weighted by Gasteiger charge is -2.25. The third-order valence-corrected chi connectivity index (χ3v) is 5.59. The van der Waals surface area contributed by atoms with Gasteiger partial charge in [0, 0.05) is 18.1 Å². The molecule has 1 aromatic heterocycles. The Morgan fingerprint density at radius 1 is 1.08 bits per heavy atom. The maximum atomic E-state index is 14.1. The Labute approximate surface area is 206 Å². The molecule has 0 bridgehead atoms. The van der Waals surface area contributed by atoms with E-state index in [2.05, 4.69) is 4.98 Å². The number of methoxy groups -OCH3 is 1. The Morgan fingerprint density at radius 2 is 1.81 bits per heavy atom. The van der Waals surface area contributed by atoms with Gasteiger partial charge in [0.1, 0.15) is 17.3 Å². The van der Waals surface area contributed by atoms with Crippen LogP contribution < -0.4 is 9.64 Å². The number of ether oxygens (including phenoxy) is 2. The first-order valence-corrected chi connectivity index (χ1v) is 11.1. The van der Waals surface area contributed by atoms with Gasteiger partial charge in [-0.15, -0.1) is 0 Å². The van der Waals surface area contributed by atoms with Crippen LogP contribution in [0, 0.1) is 5.82 Å². The summed E-state index contributed by atoms with van der Waals surface area (Å²) in [4.78, 5) is 44.2. The fourth-order valence-corrected chi connectivity index (χ4v) is 4.04. The minimum atomic E-state index is -1.09. The number of carbonyl (C=O) groups is 3. The highest BCUT2D eigenvalue weighted by atomic mass is 19.1. The number of amides is 1. The Kier molecular flexibility index (Phi) is 6.82. The summed E-state index contributed by atoms with van der Waals surface area (Å²) < 4.78 is 24.6. The summed E-state index contributed by atoms with van der Waals surface area (Å²) in [6.45, 7) is 3.43. The van der Waals surface area contributed by atoms with Crippen LogP contribution in [0.3, 0.4) is 0 Å². The van der Waals surface area contributed by atoms with E-state index in [1.165, 1.54) is 42.6 Å². The Bertz CT molecular complexity index is 1370. The van der Waals surface area contributed by atoms with E-state index >= 15 is 0 Å². The number of esters is 1. The number of aromatic nitrogens is 1. The number of hydrogen-bond donors (Lipinski definition) is 1. The smallest absolute Gasteiger partial charge is 0.338 e. The van der Waals surface area contributed by atoms with Crippen LogP contribution in [0.4, 0.5) is 10.1 Å². The molecule has 1 amide bonds. The number of pyridine rings is 1. The number of hydrogen-bond acceptors (Lipinski definition) is 7. The van der Waals surface area contributed by atoms with Gasteiger partial charge in [0.05, 0.1) is 36.0 Å². The van der Waals surface area contributed by atoms with Gasteiger partial charge in [0.25, 0.3) is 11.7 Å². The molecule has 184 valence electrons. The standard InChI is InChI=1S/C27H23FN2O6/c1-15(2)36-27(34)17-5-4-6-19(13-17)30-23(16-9-11-29-12-10-16)22(25(32)26(30)33)24(31)20-14-18(28)7-8-21(20)35-3/h4-15,23,31H,1-3H3/b24-22+. The molecule has 1 N–H and O–H groups in total. The number of benzene rings is 2. The van der Waals surface area contributed by atoms with Crippen molar-refractivity contribution >= 4 is 29.1 Å². The summed E-state index contributed by atoms with van der Waals surface area (Å²) in [6.07, 6.45) is 2.61. The van der Waals surface area contributed by atoms with Crippen LogP contribution in [-0.4, -0.2) is 41.0 Å². The molecule has 0 aliphatic carbocycles. The topological polar surface area (TPSA) is 106 Å². The van der Waals surface area contributed by atoms with E-state index in [0.29, 0.717) is 5.56 Å². The van der Waals surface area contributed by atoms with Crippen molar-refractivity contribution in [1.29, 1.82) is 0 Å². The number of halogens is 1. The van der Waals surface area contributed by atoms with Gasteiger partial charge in [-0.05, 0) is 67.9 Å². The molecule has 8 nitrogen and oxygen atoms in total. The molecule has 2 aromatic carbocycles. The van der Waals surface area contributed by atoms with Crippen LogP contribution in [0.2, 0.25) is 0 Å². The molecule has 4 rings (SSSR count). The van der Waals surface area contributed by atoms with Crippen LogP contribution in [0.15, 0.2) is 72.6 Å². The number of rotatable bonds is 6. The van der Waals surface area contributed by atoms with Crippen molar-refractivity contribution in [3.63, 3.8) is 0 Å². The number of carbonyl (C=O) groups excluding carboxylic acids is 3. The van der Waals surface area contributed by atoms with Gasteiger partial charge in [-0.25, -0.2) is 9.18 Å². The zero-order valence-electron chi connectivity index (χ0n) is 19.8. The maximum absolute atomic E-state index is 14.1. The number of aliphatic hydroxyl groups is 1. The molecule has 36 heavy (non-hydrogen) atoms. The zero-order chi connectivity index (χ0) is 26.0. The third-order valence-electron chi connectivity index (χ3n) is 5.59. The number of nitrogens with zero attached hydrogens (tertiary/aromatic N) is 2. The van der Waals surface area contributed by atoms with E-state index in [9.17, 15) is 23.9 Å². The molecule has 2 heterocycles. The highest BCUT2D eigenvalue weighted by Crippen LogP contribution is 2.43. The Balaban J connectivity index is 1.92. The molecule has 0 saturated carbocycles. The van der Waals surface area contributed by atoms with Crippen molar-refractivity contribution in [1.82, 2.24) is 4.98 Å². The molecule has 1 aliphatic rings. The average molecular weight is 490 g/mol. The first kappa shape index (κ1) is 24.6. The highest BCUT2D eigenvalue weighted by molar-refractivity contribution is 6.51. The van der Waals surface area contributed by atoms with E-state index in [1.807, 2.05) is 0 Å². The summed E-state index contributed by atoms with van der Waals surface area (Å²) in [5, 5.41) is 11.2. The van der Waals surface area contributed by atoms with Crippen molar-refractivity contribution in [2.75, 3.05) is 12.0 Å². The van der Waals surface area contributed by atoms with E-state index in [0.717, 1.165) is 12.1 Å². The normalized spacial score (nSPS) is 16.9. The van der Waals surface area contributed by atoms with Crippen LogP contribution in [0.5, 0.6) is 5.75 Å². The molecule has 1 aliphatic heterocycles. The lowest BCUT2D eigenvalue weighted by atomic mass is 9.95. The second-order valence-corrected chi connectivity index (χ2v) is 8.30. The lowest BCUT2D eigenvalue weighted by molar-refractivity contribution is -0.132. The fourth-order valence-electron chi connectivity index (χ4n) is 4.04. The van der Waals surface area contributed by atoms with Crippen molar-refractivity contribution in [3.8, 4) is 5.75 Å². The van der Waals surface area contributed by atoms with Crippen LogP contribution in [-0.2, 0) is 14.3 Å². The van der Waals surface area contributed by atoms with Crippen LogP contribution >= 0.6 is 0 Å². The molecule has 0 spiro atoms. The second-order valence-electron chi connectivity index (χ2n) is 8.30. The van der Waals surface area contributed by atoms with Gasteiger partial charge in [0.2, 0.25) is 0 Å².